The lowest BCUT2D eigenvalue weighted by molar-refractivity contribution is 0.291. The molecule has 1 aromatic rings. The zero-order chi connectivity index (χ0) is 11.5. The summed E-state index contributed by atoms with van der Waals surface area (Å²) in [5, 5.41) is 3.52. The smallest absolute Gasteiger partial charge is 0.0361 e. The van der Waals surface area contributed by atoms with E-state index in [2.05, 4.69) is 48.6 Å². The minimum Gasteiger partial charge on any atom is -0.378 e. The number of rotatable bonds is 4. The van der Waals surface area contributed by atoms with Gasteiger partial charge in [0.05, 0.1) is 0 Å². The number of anilines is 1. The Morgan fingerprint density at radius 3 is 2.38 bits per heavy atom. The second-order valence-corrected chi connectivity index (χ2v) is 4.87. The Morgan fingerprint density at radius 2 is 1.88 bits per heavy atom. The maximum absolute atomic E-state index is 5.75. The Kier molecular flexibility index (Phi) is 3.46. The molecule has 0 bridgehead atoms. The van der Waals surface area contributed by atoms with E-state index in [0.717, 1.165) is 19.4 Å². The molecular formula is C13H21N3. The summed E-state index contributed by atoms with van der Waals surface area (Å²) in [5.41, 5.74) is 8.33. The van der Waals surface area contributed by atoms with Crippen LogP contribution in [0.2, 0.25) is 0 Å². The van der Waals surface area contributed by atoms with Crippen LogP contribution < -0.4 is 16.0 Å². The lowest BCUT2D eigenvalue weighted by atomic mass is 9.87. The molecule has 0 spiro atoms. The Bertz CT molecular complexity index is 326. The van der Waals surface area contributed by atoms with E-state index in [1.165, 1.54) is 11.3 Å². The fourth-order valence-corrected chi connectivity index (χ4v) is 2.00. The van der Waals surface area contributed by atoms with Crippen LogP contribution in [0.5, 0.6) is 0 Å². The molecule has 0 aromatic heterocycles. The van der Waals surface area contributed by atoms with Crippen molar-refractivity contribution in [1.82, 2.24) is 5.32 Å². The van der Waals surface area contributed by atoms with Crippen molar-refractivity contribution < 1.29 is 0 Å². The largest absolute Gasteiger partial charge is 0.378 e. The van der Waals surface area contributed by atoms with Crippen LogP contribution in [0.15, 0.2) is 24.3 Å². The van der Waals surface area contributed by atoms with Crippen LogP contribution in [-0.4, -0.2) is 26.2 Å². The number of nitrogens with zero attached hydrogens (tertiary/aromatic N) is 1. The molecule has 0 heterocycles. The maximum Gasteiger partial charge on any atom is 0.0361 e. The Labute approximate surface area is 97.6 Å². The first kappa shape index (κ1) is 11.4. The van der Waals surface area contributed by atoms with Crippen molar-refractivity contribution in [1.29, 1.82) is 0 Å². The van der Waals surface area contributed by atoms with Gasteiger partial charge in [-0.1, -0.05) is 12.1 Å². The van der Waals surface area contributed by atoms with Gasteiger partial charge in [0.15, 0.2) is 0 Å². The molecule has 3 heteroatoms. The molecule has 0 saturated heterocycles. The fourth-order valence-electron chi connectivity index (χ4n) is 2.00. The van der Waals surface area contributed by atoms with Crippen LogP contribution in [0.25, 0.3) is 0 Å². The highest BCUT2D eigenvalue weighted by atomic mass is 15.1. The van der Waals surface area contributed by atoms with Gasteiger partial charge in [-0.3, -0.25) is 0 Å². The first-order valence-corrected chi connectivity index (χ1v) is 5.90. The summed E-state index contributed by atoms with van der Waals surface area (Å²) in [4.78, 5) is 2.11. The predicted octanol–water partition coefficient (Wildman–Crippen LogP) is 1.33. The van der Waals surface area contributed by atoms with Gasteiger partial charge in [0.2, 0.25) is 0 Å². The normalized spacial score (nSPS) is 23.9. The third-order valence-corrected chi connectivity index (χ3v) is 3.22. The Morgan fingerprint density at radius 1 is 1.25 bits per heavy atom. The Balaban J connectivity index is 1.81. The van der Waals surface area contributed by atoms with E-state index < -0.39 is 0 Å². The molecule has 3 N–H and O–H groups in total. The van der Waals surface area contributed by atoms with Crippen LogP contribution in [0.1, 0.15) is 18.4 Å². The maximum atomic E-state index is 5.75. The quantitative estimate of drug-likeness (QED) is 0.803. The predicted molar refractivity (Wildman–Crippen MR) is 68.6 cm³/mol. The molecular weight excluding hydrogens is 198 g/mol. The summed E-state index contributed by atoms with van der Waals surface area (Å²) >= 11 is 0. The van der Waals surface area contributed by atoms with Crippen molar-refractivity contribution in [2.24, 2.45) is 5.73 Å². The summed E-state index contributed by atoms with van der Waals surface area (Å²) in [5.74, 6) is 0. The summed E-state index contributed by atoms with van der Waals surface area (Å²) in [7, 11) is 4.12. The van der Waals surface area contributed by atoms with E-state index in [9.17, 15) is 0 Å². The molecule has 0 aliphatic heterocycles. The van der Waals surface area contributed by atoms with Crippen molar-refractivity contribution in [3.63, 3.8) is 0 Å². The van der Waals surface area contributed by atoms with Crippen molar-refractivity contribution in [3.05, 3.63) is 29.8 Å². The van der Waals surface area contributed by atoms with E-state index in [-0.39, 0.29) is 0 Å². The molecule has 2 rings (SSSR count). The molecule has 3 nitrogen and oxygen atoms in total. The van der Waals surface area contributed by atoms with Gasteiger partial charge >= 0.3 is 0 Å². The molecule has 0 amide bonds. The van der Waals surface area contributed by atoms with E-state index in [4.69, 9.17) is 5.73 Å². The summed E-state index contributed by atoms with van der Waals surface area (Å²) in [6, 6.07) is 9.73. The molecule has 1 aliphatic rings. The van der Waals surface area contributed by atoms with E-state index >= 15 is 0 Å². The van der Waals surface area contributed by atoms with Gasteiger partial charge in [0.25, 0.3) is 0 Å². The van der Waals surface area contributed by atoms with Gasteiger partial charge < -0.3 is 16.0 Å². The monoisotopic (exact) mass is 219 g/mol. The zero-order valence-corrected chi connectivity index (χ0v) is 10.1. The standard InChI is InChI=1S/C13H21N3/c1-16(2)13-5-3-10(4-6-13)9-15-12-7-11(14)8-12/h3-6,11-12,15H,7-9,14H2,1-2H3. The molecule has 0 atom stereocenters. The van der Waals surface area contributed by atoms with Gasteiger partial charge in [-0.25, -0.2) is 0 Å². The van der Waals surface area contributed by atoms with E-state index in [1.54, 1.807) is 0 Å². The molecule has 16 heavy (non-hydrogen) atoms. The lowest BCUT2D eigenvalue weighted by Crippen LogP contribution is -2.48. The number of hydrogen-bond acceptors (Lipinski definition) is 3. The van der Waals surface area contributed by atoms with Crippen LogP contribution in [0.4, 0.5) is 5.69 Å². The highest BCUT2D eigenvalue weighted by Gasteiger charge is 2.24. The van der Waals surface area contributed by atoms with Crippen LogP contribution >= 0.6 is 0 Å². The minimum atomic E-state index is 0.425. The first-order chi connectivity index (χ1) is 7.65. The van der Waals surface area contributed by atoms with Crippen molar-refractivity contribution in [2.75, 3.05) is 19.0 Å². The van der Waals surface area contributed by atoms with Crippen molar-refractivity contribution >= 4 is 5.69 Å². The van der Waals surface area contributed by atoms with E-state index in [0.29, 0.717) is 12.1 Å². The first-order valence-electron chi connectivity index (χ1n) is 5.90. The second kappa shape index (κ2) is 4.85. The summed E-state index contributed by atoms with van der Waals surface area (Å²) < 4.78 is 0. The lowest BCUT2D eigenvalue weighted by Gasteiger charge is -2.33. The minimum absolute atomic E-state index is 0.425. The number of benzene rings is 1. The summed E-state index contributed by atoms with van der Waals surface area (Å²) in [6.07, 6.45) is 2.24. The highest BCUT2D eigenvalue weighted by molar-refractivity contribution is 5.45. The summed E-state index contributed by atoms with van der Waals surface area (Å²) in [6.45, 7) is 0.949. The molecule has 1 aliphatic carbocycles. The second-order valence-electron chi connectivity index (χ2n) is 4.87. The fraction of sp³-hybridized carbons (Fsp3) is 0.538. The molecule has 1 saturated carbocycles. The number of nitrogens with two attached hydrogens (primary N) is 1. The van der Waals surface area contributed by atoms with Crippen molar-refractivity contribution in [2.45, 2.75) is 31.5 Å². The van der Waals surface area contributed by atoms with Crippen molar-refractivity contribution in [3.8, 4) is 0 Å². The number of hydrogen-bond donors (Lipinski definition) is 2. The topological polar surface area (TPSA) is 41.3 Å². The SMILES string of the molecule is CN(C)c1ccc(CNC2CC(N)C2)cc1. The molecule has 0 radical (unpaired) electrons. The van der Waals surface area contributed by atoms with Gasteiger partial charge in [-0.05, 0) is 30.5 Å². The average molecular weight is 219 g/mol. The third-order valence-electron chi connectivity index (χ3n) is 3.22. The number of nitrogens with one attached hydrogen (secondary N) is 1. The Hall–Kier alpha value is -1.06. The molecule has 0 unspecified atom stereocenters. The molecule has 88 valence electrons. The van der Waals surface area contributed by atoms with E-state index in [1.807, 2.05) is 0 Å². The van der Waals surface area contributed by atoms with Crippen LogP contribution in [0, 0.1) is 0 Å². The molecule has 1 fully saturated rings. The van der Waals surface area contributed by atoms with Crippen LogP contribution in [0.3, 0.4) is 0 Å². The van der Waals surface area contributed by atoms with Gasteiger partial charge in [0.1, 0.15) is 0 Å². The zero-order valence-electron chi connectivity index (χ0n) is 10.1. The molecule has 1 aromatic carbocycles. The van der Waals surface area contributed by atoms with Gasteiger partial charge in [0, 0.05) is 38.4 Å². The average Bonchev–Trinajstić information content (AvgIpc) is 2.23. The highest BCUT2D eigenvalue weighted by Crippen LogP contribution is 2.18. The third kappa shape index (κ3) is 2.74. The van der Waals surface area contributed by atoms with Gasteiger partial charge in [-0.2, -0.15) is 0 Å². The van der Waals surface area contributed by atoms with Crippen LogP contribution in [-0.2, 0) is 6.54 Å². The van der Waals surface area contributed by atoms with Gasteiger partial charge in [-0.15, -0.1) is 0 Å².